The van der Waals surface area contributed by atoms with Crippen molar-refractivity contribution in [1.82, 2.24) is 0 Å². The van der Waals surface area contributed by atoms with Crippen LogP contribution in [0.1, 0.15) is 10.4 Å². The van der Waals surface area contributed by atoms with Gasteiger partial charge in [-0.05, 0) is 23.8 Å². The highest BCUT2D eigenvalue weighted by atomic mass is 19.3. The summed E-state index contributed by atoms with van der Waals surface area (Å²) in [5, 5.41) is 9.82. The minimum absolute atomic E-state index is 0.0526. The highest BCUT2D eigenvalue weighted by Gasteiger charge is 2.11. The first-order valence-corrected chi connectivity index (χ1v) is 5.14. The van der Waals surface area contributed by atoms with E-state index in [9.17, 15) is 14.4 Å². The lowest BCUT2D eigenvalue weighted by molar-refractivity contribution is -0.0787. The predicted molar refractivity (Wildman–Crippen MR) is 64.5 cm³/mol. The molecule has 3 N–H and O–H groups in total. The van der Waals surface area contributed by atoms with Crippen LogP contribution in [0.2, 0.25) is 0 Å². The Balaban J connectivity index is 2.51. The Morgan fingerprint density at radius 3 is 2.67 bits per heavy atom. The van der Waals surface area contributed by atoms with Gasteiger partial charge in [0.05, 0.1) is 11.3 Å². The summed E-state index contributed by atoms with van der Waals surface area (Å²) < 4.78 is 11.8. The van der Waals surface area contributed by atoms with E-state index in [-0.39, 0.29) is 17.0 Å². The molecule has 0 unspecified atom stereocenters. The number of carbonyl (C=O) groups is 1. The van der Waals surface area contributed by atoms with Gasteiger partial charge in [0.2, 0.25) is 0 Å². The van der Waals surface area contributed by atoms with Crippen molar-refractivity contribution in [2.24, 2.45) is 0 Å². The maximum Gasteiger partial charge on any atom is 0.379 e. The molecule has 0 aliphatic rings. The molecule has 0 aliphatic heterocycles. The molecular formula is C13H10FNO3. The number of para-hydroxylation sites is 1. The number of benzene rings is 2. The summed E-state index contributed by atoms with van der Waals surface area (Å²) in [6, 6.07) is 10.9. The van der Waals surface area contributed by atoms with E-state index in [1.165, 1.54) is 12.1 Å². The number of phenols is 1. The van der Waals surface area contributed by atoms with Gasteiger partial charge < -0.3 is 10.8 Å². The lowest BCUT2D eigenvalue weighted by Gasteiger charge is -2.07. The fourth-order valence-electron chi connectivity index (χ4n) is 1.65. The van der Waals surface area contributed by atoms with E-state index in [4.69, 9.17) is 5.73 Å². The lowest BCUT2D eigenvalue weighted by Crippen LogP contribution is -1.98. The number of hydrogen-bond donors (Lipinski definition) is 2. The summed E-state index contributed by atoms with van der Waals surface area (Å²) in [5.74, 6) is -1.16. The molecule has 0 atom stereocenters. The molecule has 0 radical (unpaired) electrons. The Labute approximate surface area is 102 Å². The fraction of sp³-hybridized carbons (Fsp3) is 0. The second-order valence-corrected chi connectivity index (χ2v) is 3.69. The Morgan fingerprint density at radius 1 is 1.22 bits per heavy atom. The molecule has 5 heteroatoms. The first-order valence-electron chi connectivity index (χ1n) is 5.14. The molecule has 2 rings (SSSR count). The number of aromatic hydroxyl groups is 1. The zero-order chi connectivity index (χ0) is 13.1. The predicted octanol–water partition coefficient (Wildman–Crippen LogP) is 2.68. The van der Waals surface area contributed by atoms with Crippen molar-refractivity contribution in [1.29, 1.82) is 0 Å². The topological polar surface area (TPSA) is 72.6 Å². The Hall–Kier alpha value is -2.56. The van der Waals surface area contributed by atoms with Crippen molar-refractivity contribution >= 4 is 11.7 Å². The van der Waals surface area contributed by atoms with Crippen molar-refractivity contribution < 1.29 is 19.4 Å². The Bertz CT molecular complexity index is 599. The molecule has 92 valence electrons. The molecule has 2 aromatic carbocycles. The molecular weight excluding hydrogens is 237 g/mol. The van der Waals surface area contributed by atoms with Crippen LogP contribution in [-0.4, -0.2) is 11.1 Å². The maximum atomic E-state index is 11.8. The third-order valence-electron chi connectivity index (χ3n) is 2.55. The molecule has 2 aromatic rings. The first kappa shape index (κ1) is 11.9. The van der Waals surface area contributed by atoms with E-state index in [1.807, 2.05) is 0 Å². The quantitative estimate of drug-likeness (QED) is 0.632. The van der Waals surface area contributed by atoms with Crippen molar-refractivity contribution in [3.05, 3.63) is 48.0 Å². The molecule has 0 aromatic heterocycles. The second-order valence-electron chi connectivity index (χ2n) is 3.69. The van der Waals surface area contributed by atoms with Gasteiger partial charge in [0, 0.05) is 10.1 Å². The van der Waals surface area contributed by atoms with E-state index in [0.29, 0.717) is 11.1 Å². The number of phenolic OH excluding ortho intramolecular Hbond substituents is 1. The first-order chi connectivity index (χ1) is 8.63. The van der Waals surface area contributed by atoms with Crippen molar-refractivity contribution in [2.75, 3.05) is 5.73 Å². The summed E-state index contributed by atoms with van der Waals surface area (Å²) in [5.41, 5.74) is 6.87. The number of nitrogens with two attached hydrogens (primary N) is 1. The van der Waals surface area contributed by atoms with Gasteiger partial charge in [0.1, 0.15) is 5.75 Å². The number of nitrogen functional groups attached to an aromatic ring is 1. The van der Waals surface area contributed by atoms with Crippen LogP contribution in [0, 0.1) is 0 Å². The third kappa shape index (κ3) is 2.10. The minimum Gasteiger partial charge on any atom is -0.505 e. The van der Waals surface area contributed by atoms with Gasteiger partial charge in [0.25, 0.3) is 0 Å². The third-order valence-corrected chi connectivity index (χ3v) is 2.55. The van der Waals surface area contributed by atoms with Crippen molar-refractivity contribution in [3.8, 4) is 16.9 Å². The minimum atomic E-state index is -1.08. The summed E-state index contributed by atoms with van der Waals surface area (Å²) in [7, 11) is 0. The molecule has 4 nitrogen and oxygen atoms in total. The van der Waals surface area contributed by atoms with Gasteiger partial charge in [-0.25, -0.2) is 9.74 Å². The Kier molecular flexibility index (Phi) is 3.14. The zero-order valence-electron chi connectivity index (χ0n) is 9.26. The normalized spacial score (nSPS) is 10.1. The van der Waals surface area contributed by atoms with E-state index >= 15 is 0 Å². The van der Waals surface area contributed by atoms with Crippen molar-refractivity contribution in [3.63, 3.8) is 0 Å². The van der Waals surface area contributed by atoms with Crippen LogP contribution < -0.4 is 5.73 Å². The summed E-state index contributed by atoms with van der Waals surface area (Å²) in [6.45, 7) is 0. The zero-order valence-corrected chi connectivity index (χ0v) is 9.26. The van der Waals surface area contributed by atoms with Crippen LogP contribution in [0.5, 0.6) is 5.75 Å². The standard InChI is InChI=1S/C13H10FNO3/c14-18-13(17)9-4-1-3-8(7-9)10-5-2-6-11(15)12(10)16/h1-7,16H,15H2. The van der Waals surface area contributed by atoms with E-state index in [1.54, 1.807) is 30.3 Å². The molecule has 0 aliphatic carbocycles. The van der Waals surface area contributed by atoms with Crippen LogP contribution in [0.4, 0.5) is 10.2 Å². The molecule has 0 spiro atoms. The molecule has 0 heterocycles. The SMILES string of the molecule is Nc1cccc(-c2cccc(C(=O)OF)c2)c1O. The molecule has 0 saturated carbocycles. The van der Waals surface area contributed by atoms with Gasteiger partial charge in [-0.1, -0.05) is 24.3 Å². The highest BCUT2D eigenvalue weighted by Crippen LogP contribution is 2.33. The highest BCUT2D eigenvalue weighted by molar-refractivity contribution is 5.91. The summed E-state index contributed by atoms with van der Waals surface area (Å²) in [4.78, 5) is 14.2. The average molecular weight is 247 g/mol. The van der Waals surface area contributed by atoms with Crippen LogP contribution in [0.25, 0.3) is 11.1 Å². The van der Waals surface area contributed by atoms with E-state index < -0.39 is 5.97 Å². The van der Waals surface area contributed by atoms with Crippen LogP contribution >= 0.6 is 0 Å². The van der Waals surface area contributed by atoms with E-state index in [2.05, 4.69) is 4.94 Å². The van der Waals surface area contributed by atoms with Gasteiger partial charge in [0.15, 0.2) is 0 Å². The molecule has 0 amide bonds. The number of anilines is 1. The van der Waals surface area contributed by atoms with Gasteiger partial charge >= 0.3 is 5.97 Å². The fourth-order valence-corrected chi connectivity index (χ4v) is 1.65. The molecule has 0 saturated heterocycles. The molecule has 0 fully saturated rings. The number of halogens is 1. The average Bonchev–Trinajstić information content (AvgIpc) is 2.41. The second kappa shape index (κ2) is 4.75. The van der Waals surface area contributed by atoms with Gasteiger partial charge in [-0.15, -0.1) is 0 Å². The number of carbonyl (C=O) groups excluding carboxylic acids is 1. The number of rotatable bonds is 2. The number of hydrogen-bond acceptors (Lipinski definition) is 4. The largest absolute Gasteiger partial charge is 0.505 e. The molecule has 0 bridgehead atoms. The van der Waals surface area contributed by atoms with Gasteiger partial charge in [-0.2, -0.15) is 0 Å². The summed E-state index contributed by atoms with van der Waals surface area (Å²) >= 11 is 0. The van der Waals surface area contributed by atoms with Crippen molar-refractivity contribution in [2.45, 2.75) is 0 Å². The Morgan fingerprint density at radius 2 is 1.94 bits per heavy atom. The molecule has 18 heavy (non-hydrogen) atoms. The monoisotopic (exact) mass is 247 g/mol. The van der Waals surface area contributed by atoms with Crippen LogP contribution in [0.15, 0.2) is 42.5 Å². The maximum absolute atomic E-state index is 11.8. The van der Waals surface area contributed by atoms with E-state index in [0.717, 1.165) is 0 Å². The van der Waals surface area contributed by atoms with Crippen LogP contribution in [0.3, 0.4) is 0 Å². The van der Waals surface area contributed by atoms with Gasteiger partial charge in [-0.3, -0.25) is 0 Å². The summed E-state index contributed by atoms with van der Waals surface area (Å²) in [6.07, 6.45) is 0. The lowest BCUT2D eigenvalue weighted by atomic mass is 10.0. The smallest absolute Gasteiger partial charge is 0.379 e. The van der Waals surface area contributed by atoms with Crippen LogP contribution in [-0.2, 0) is 4.94 Å².